The molecule has 1 saturated heterocycles. The molecule has 5 fully saturated rings. The molecule has 4 saturated carbocycles. The van der Waals surface area contributed by atoms with Crippen LogP contribution < -0.4 is 0 Å². The Labute approximate surface area is 207 Å². The number of pyridine rings is 1. The van der Waals surface area contributed by atoms with E-state index in [1.807, 2.05) is 28.8 Å². The molecule has 5 aliphatic rings. The van der Waals surface area contributed by atoms with Crippen LogP contribution in [0.25, 0.3) is 5.65 Å². The Morgan fingerprint density at radius 1 is 1.17 bits per heavy atom. The third-order valence-electron chi connectivity index (χ3n) is 10.3. The minimum absolute atomic E-state index is 0.00836. The van der Waals surface area contributed by atoms with Crippen molar-refractivity contribution in [3.8, 4) is 0 Å². The molecule has 3 heterocycles. The maximum absolute atomic E-state index is 13.1. The number of likely N-dealkylation sites (tertiary alicyclic amines) is 1. The highest BCUT2D eigenvalue weighted by molar-refractivity contribution is 5.95. The minimum Gasteiger partial charge on any atom is -0.391 e. The van der Waals surface area contributed by atoms with Gasteiger partial charge in [0.25, 0.3) is 0 Å². The summed E-state index contributed by atoms with van der Waals surface area (Å²) in [6.07, 6.45) is 14.7. The fraction of sp³-hybridized carbons (Fsp3) is 0.690. The number of aliphatic hydroxyl groups is 1. The van der Waals surface area contributed by atoms with Crippen molar-refractivity contribution in [3.05, 3.63) is 35.8 Å². The van der Waals surface area contributed by atoms with Crippen molar-refractivity contribution in [1.82, 2.24) is 14.3 Å². The van der Waals surface area contributed by atoms with Crippen molar-refractivity contribution in [2.24, 2.45) is 28.6 Å². The van der Waals surface area contributed by atoms with Crippen LogP contribution in [0.15, 0.2) is 24.4 Å². The summed E-state index contributed by atoms with van der Waals surface area (Å²) >= 11 is 0. The van der Waals surface area contributed by atoms with E-state index < -0.39 is 6.10 Å². The van der Waals surface area contributed by atoms with Gasteiger partial charge in [0.05, 0.1) is 23.9 Å². The second-order valence-corrected chi connectivity index (χ2v) is 12.6. The molecule has 6 atom stereocenters. The first-order chi connectivity index (χ1) is 16.9. The quantitative estimate of drug-likeness (QED) is 0.453. The highest BCUT2D eigenvalue weighted by Gasteiger charge is 2.75. The maximum atomic E-state index is 13.1. The molecule has 0 aromatic carbocycles. The van der Waals surface area contributed by atoms with Crippen LogP contribution in [0.1, 0.15) is 86.8 Å². The number of β-amino-alcohol motifs (C(OH)–C–C–N with tert-alkyl or cyclic N) is 1. The number of carbonyl (C=O) groups excluding carboxylic acids is 2. The fourth-order valence-electron chi connectivity index (χ4n) is 8.69. The van der Waals surface area contributed by atoms with Gasteiger partial charge in [-0.25, -0.2) is 4.98 Å². The number of nitrogens with zero attached hydrogens (tertiary/aromatic N) is 3. The Balaban J connectivity index is 0.964. The summed E-state index contributed by atoms with van der Waals surface area (Å²) in [5.41, 5.74) is 3.45. The first kappa shape index (κ1) is 22.0. The van der Waals surface area contributed by atoms with E-state index >= 15 is 0 Å². The Hall–Kier alpha value is -2.21. The van der Waals surface area contributed by atoms with Crippen molar-refractivity contribution in [2.75, 3.05) is 13.1 Å². The number of Topliss-reactive ketones (excluding diaryl/α,β-unsaturated/α-hetero) is 1. The number of piperidine rings is 1. The van der Waals surface area contributed by atoms with E-state index in [1.165, 1.54) is 38.5 Å². The molecule has 1 aliphatic heterocycles. The van der Waals surface area contributed by atoms with Crippen LogP contribution in [0.2, 0.25) is 0 Å². The van der Waals surface area contributed by atoms with E-state index in [0.717, 1.165) is 48.9 Å². The van der Waals surface area contributed by atoms with Crippen LogP contribution in [-0.2, 0) is 11.2 Å². The molecule has 1 N–H and O–H groups in total. The zero-order valence-corrected chi connectivity index (χ0v) is 20.6. The fourth-order valence-corrected chi connectivity index (χ4v) is 8.69. The van der Waals surface area contributed by atoms with Gasteiger partial charge in [0.15, 0.2) is 5.78 Å². The van der Waals surface area contributed by atoms with Gasteiger partial charge in [-0.2, -0.15) is 0 Å². The molecule has 2 bridgehead atoms. The third-order valence-corrected chi connectivity index (χ3v) is 10.3. The molecule has 186 valence electrons. The Kier molecular flexibility index (Phi) is 4.97. The summed E-state index contributed by atoms with van der Waals surface area (Å²) in [6.45, 7) is 1.09. The SMILES string of the molecule is O=C(CCCCC12CC3CC3C3(CC3C1)C2)c1cccc2nc(CC(=O)N3CCCC(O)C3)cn12. The molecule has 6 nitrogen and oxygen atoms in total. The van der Waals surface area contributed by atoms with Crippen molar-refractivity contribution >= 4 is 17.3 Å². The van der Waals surface area contributed by atoms with Gasteiger partial charge >= 0.3 is 0 Å². The molecule has 1 spiro atoms. The predicted molar refractivity (Wildman–Crippen MR) is 132 cm³/mol. The zero-order chi connectivity index (χ0) is 23.8. The Morgan fingerprint density at radius 2 is 2.09 bits per heavy atom. The van der Waals surface area contributed by atoms with E-state index in [1.54, 1.807) is 4.90 Å². The average molecular weight is 476 g/mol. The molecule has 7 rings (SSSR count). The number of ketones is 1. The summed E-state index contributed by atoms with van der Waals surface area (Å²) in [7, 11) is 0. The number of aliphatic hydroxyl groups excluding tert-OH is 1. The predicted octanol–water partition coefficient (Wildman–Crippen LogP) is 4.43. The second kappa shape index (κ2) is 7.89. The van der Waals surface area contributed by atoms with E-state index in [9.17, 15) is 14.7 Å². The number of hydrogen-bond acceptors (Lipinski definition) is 4. The molecular weight excluding hydrogens is 438 g/mol. The van der Waals surface area contributed by atoms with Crippen molar-refractivity contribution < 1.29 is 14.7 Å². The number of amides is 1. The number of fused-ring (bicyclic) bond motifs is 3. The van der Waals surface area contributed by atoms with E-state index in [4.69, 9.17) is 0 Å². The molecule has 2 aromatic rings. The van der Waals surface area contributed by atoms with Gasteiger partial charge in [-0.15, -0.1) is 0 Å². The van der Waals surface area contributed by atoms with Crippen molar-refractivity contribution in [2.45, 2.75) is 83.2 Å². The summed E-state index contributed by atoms with van der Waals surface area (Å²) < 4.78 is 1.86. The van der Waals surface area contributed by atoms with Crippen LogP contribution in [0.4, 0.5) is 0 Å². The van der Waals surface area contributed by atoms with Gasteiger partial charge in [0, 0.05) is 25.7 Å². The monoisotopic (exact) mass is 475 g/mol. The van der Waals surface area contributed by atoms with E-state index in [0.29, 0.717) is 42.0 Å². The van der Waals surface area contributed by atoms with Gasteiger partial charge in [-0.1, -0.05) is 12.5 Å². The molecule has 0 radical (unpaired) electrons. The van der Waals surface area contributed by atoms with Gasteiger partial charge in [-0.3, -0.25) is 14.0 Å². The lowest BCUT2D eigenvalue weighted by Crippen LogP contribution is -2.42. The third kappa shape index (κ3) is 3.75. The summed E-state index contributed by atoms with van der Waals surface area (Å²) in [5, 5.41) is 9.87. The highest BCUT2D eigenvalue weighted by atomic mass is 16.3. The number of hydrogen-bond donors (Lipinski definition) is 1. The van der Waals surface area contributed by atoms with Crippen molar-refractivity contribution in [1.29, 1.82) is 0 Å². The number of unbranched alkanes of at least 4 members (excludes halogenated alkanes) is 1. The molecular formula is C29H37N3O3. The van der Waals surface area contributed by atoms with Crippen LogP contribution in [-0.4, -0.2) is 50.3 Å². The molecule has 6 heteroatoms. The number of carbonyl (C=O) groups is 2. The standard InChI is InChI=1S/C29H37N3O3/c33-22-5-4-10-31(17-22)27(35)12-21-16-32-24(6-3-8-26(32)30-21)25(34)7-1-2-9-28-13-19-11-23(19)29(18-28)15-20(29)14-28/h3,6,8,16,19-20,22-23,33H,1-2,4-5,7,9-15,17-18H2. The summed E-state index contributed by atoms with van der Waals surface area (Å²) in [6, 6.07) is 5.66. The van der Waals surface area contributed by atoms with Crippen molar-refractivity contribution in [3.63, 3.8) is 0 Å². The molecule has 1 amide bonds. The smallest absolute Gasteiger partial charge is 0.228 e. The Morgan fingerprint density at radius 3 is 2.97 bits per heavy atom. The number of aromatic nitrogens is 2. The molecule has 35 heavy (non-hydrogen) atoms. The summed E-state index contributed by atoms with van der Waals surface area (Å²) in [4.78, 5) is 32.2. The van der Waals surface area contributed by atoms with E-state index in [-0.39, 0.29) is 18.1 Å². The lowest BCUT2D eigenvalue weighted by atomic mass is 9.68. The van der Waals surface area contributed by atoms with Gasteiger partial charge in [0.2, 0.25) is 5.91 Å². The molecule has 4 aliphatic carbocycles. The zero-order valence-electron chi connectivity index (χ0n) is 20.6. The van der Waals surface area contributed by atoms with Gasteiger partial charge in [-0.05, 0) is 98.5 Å². The summed E-state index contributed by atoms with van der Waals surface area (Å²) in [5.74, 6) is 3.33. The topological polar surface area (TPSA) is 74.9 Å². The van der Waals surface area contributed by atoms with Crippen LogP contribution in [0.3, 0.4) is 0 Å². The number of imidazole rings is 1. The average Bonchev–Trinajstić information content (AvgIpc) is 3.68. The van der Waals surface area contributed by atoms with Crippen LogP contribution >= 0.6 is 0 Å². The van der Waals surface area contributed by atoms with Gasteiger partial charge < -0.3 is 10.0 Å². The molecule has 6 unspecified atom stereocenters. The number of rotatable bonds is 8. The first-order valence-corrected chi connectivity index (χ1v) is 13.9. The van der Waals surface area contributed by atoms with Gasteiger partial charge in [0.1, 0.15) is 5.65 Å². The second-order valence-electron chi connectivity index (χ2n) is 12.6. The lowest BCUT2D eigenvalue weighted by Gasteiger charge is -2.36. The molecule has 2 aromatic heterocycles. The van der Waals surface area contributed by atoms with E-state index in [2.05, 4.69) is 4.98 Å². The van der Waals surface area contributed by atoms with Crippen LogP contribution in [0.5, 0.6) is 0 Å². The Bertz CT molecular complexity index is 1190. The lowest BCUT2D eigenvalue weighted by molar-refractivity contribution is -0.133. The first-order valence-electron chi connectivity index (χ1n) is 13.9. The maximum Gasteiger partial charge on any atom is 0.228 e. The van der Waals surface area contributed by atoms with Crippen LogP contribution in [0, 0.1) is 28.6 Å². The minimum atomic E-state index is -0.429. The normalized spacial score (nSPS) is 36.7. The largest absolute Gasteiger partial charge is 0.391 e. The highest BCUT2D eigenvalue weighted by Crippen LogP contribution is 2.84.